The van der Waals surface area contributed by atoms with Gasteiger partial charge in [-0.1, -0.05) is 0 Å². The van der Waals surface area contributed by atoms with Crippen LogP contribution in [0.5, 0.6) is 0 Å². The van der Waals surface area contributed by atoms with E-state index in [-0.39, 0.29) is 12.2 Å². The Bertz CT molecular complexity index is 840. The SMILES string of the molecule is Cn1cc(-c2nc(COC(=O)c3cc(F)cc(F)c3)cs2)cn1. The van der Waals surface area contributed by atoms with Gasteiger partial charge >= 0.3 is 5.97 Å². The average molecular weight is 335 g/mol. The van der Waals surface area contributed by atoms with Gasteiger partial charge in [0.15, 0.2) is 0 Å². The molecule has 2 heterocycles. The van der Waals surface area contributed by atoms with Crippen molar-refractivity contribution in [1.29, 1.82) is 0 Å². The highest BCUT2D eigenvalue weighted by Crippen LogP contribution is 2.23. The summed E-state index contributed by atoms with van der Waals surface area (Å²) in [4.78, 5) is 16.1. The molecule has 0 spiro atoms. The lowest BCUT2D eigenvalue weighted by Gasteiger charge is -2.03. The standard InChI is InChI=1S/C15H11F2N3O2S/c1-20-6-10(5-18-20)14-19-13(8-23-14)7-22-15(21)9-2-11(16)4-12(17)3-9/h2-6,8H,7H2,1H3. The first-order valence-electron chi connectivity index (χ1n) is 6.58. The number of halogens is 2. The van der Waals surface area contributed by atoms with E-state index in [1.807, 2.05) is 6.20 Å². The van der Waals surface area contributed by atoms with E-state index in [0.717, 1.165) is 22.7 Å². The summed E-state index contributed by atoms with van der Waals surface area (Å²) in [5.74, 6) is -2.46. The van der Waals surface area contributed by atoms with Crippen LogP contribution >= 0.6 is 11.3 Å². The topological polar surface area (TPSA) is 57.0 Å². The number of carbonyl (C=O) groups excluding carboxylic acids is 1. The molecule has 0 atom stereocenters. The zero-order chi connectivity index (χ0) is 16.4. The Balaban J connectivity index is 1.66. The molecule has 0 saturated carbocycles. The quantitative estimate of drug-likeness (QED) is 0.687. The van der Waals surface area contributed by atoms with E-state index in [1.54, 1.807) is 23.3 Å². The minimum Gasteiger partial charge on any atom is -0.456 e. The van der Waals surface area contributed by atoms with E-state index in [1.165, 1.54) is 11.3 Å². The van der Waals surface area contributed by atoms with E-state index in [2.05, 4.69) is 10.1 Å². The van der Waals surface area contributed by atoms with Crippen LogP contribution in [0.1, 0.15) is 16.1 Å². The number of aryl methyl sites for hydroxylation is 1. The van der Waals surface area contributed by atoms with Crippen LogP contribution in [-0.4, -0.2) is 20.7 Å². The van der Waals surface area contributed by atoms with Crippen molar-refractivity contribution in [2.24, 2.45) is 7.05 Å². The third-order valence-electron chi connectivity index (χ3n) is 2.95. The Hall–Kier alpha value is -2.61. The van der Waals surface area contributed by atoms with Crippen molar-refractivity contribution < 1.29 is 18.3 Å². The highest BCUT2D eigenvalue weighted by Gasteiger charge is 2.12. The smallest absolute Gasteiger partial charge is 0.338 e. The highest BCUT2D eigenvalue weighted by atomic mass is 32.1. The van der Waals surface area contributed by atoms with E-state index >= 15 is 0 Å². The zero-order valence-corrected chi connectivity index (χ0v) is 12.8. The summed E-state index contributed by atoms with van der Waals surface area (Å²) < 4.78 is 32.8. The summed E-state index contributed by atoms with van der Waals surface area (Å²) >= 11 is 1.39. The van der Waals surface area contributed by atoms with Gasteiger partial charge in [-0.2, -0.15) is 5.10 Å². The van der Waals surface area contributed by atoms with E-state index in [0.29, 0.717) is 11.8 Å². The molecule has 3 rings (SSSR count). The summed E-state index contributed by atoms with van der Waals surface area (Å²) in [6.45, 7) is -0.0757. The lowest BCUT2D eigenvalue weighted by atomic mass is 10.2. The van der Waals surface area contributed by atoms with Crippen molar-refractivity contribution in [1.82, 2.24) is 14.8 Å². The van der Waals surface area contributed by atoms with Gasteiger partial charge in [0, 0.05) is 30.3 Å². The van der Waals surface area contributed by atoms with Gasteiger partial charge in [-0.15, -0.1) is 11.3 Å². The molecule has 118 valence electrons. The second-order valence-corrected chi connectivity index (χ2v) is 5.64. The molecule has 0 unspecified atom stereocenters. The third kappa shape index (κ3) is 3.59. The molecule has 0 aliphatic carbocycles. The average Bonchev–Trinajstić information content (AvgIpc) is 3.12. The fourth-order valence-corrected chi connectivity index (χ4v) is 2.71. The van der Waals surface area contributed by atoms with Crippen molar-refractivity contribution in [2.75, 3.05) is 0 Å². The second-order valence-electron chi connectivity index (χ2n) is 4.78. The molecule has 5 nitrogen and oxygen atoms in total. The van der Waals surface area contributed by atoms with Gasteiger partial charge in [0.25, 0.3) is 0 Å². The molecule has 0 aliphatic rings. The Morgan fingerprint density at radius 3 is 2.70 bits per heavy atom. The van der Waals surface area contributed by atoms with Gasteiger partial charge in [-0.3, -0.25) is 4.68 Å². The van der Waals surface area contributed by atoms with Crippen LogP contribution < -0.4 is 0 Å². The minimum atomic E-state index is -0.829. The predicted molar refractivity (Wildman–Crippen MR) is 79.8 cm³/mol. The molecule has 0 saturated heterocycles. The molecule has 0 amide bonds. The lowest BCUT2D eigenvalue weighted by molar-refractivity contribution is 0.0467. The first-order valence-corrected chi connectivity index (χ1v) is 7.46. The zero-order valence-electron chi connectivity index (χ0n) is 12.0. The maximum absolute atomic E-state index is 13.1. The third-order valence-corrected chi connectivity index (χ3v) is 3.89. The monoisotopic (exact) mass is 335 g/mol. The maximum atomic E-state index is 13.1. The summed E-state index contributed by atoms with van der Waals surface area (Å²) in [5, 5.41) is 6.56. The molecule has 0 bridgehead atoms. The van der Waals surface area contributed by atoms with Crippen LogP contribution in [0.3, 0.4) is 0 Å². The van der Waals surface area contributed by atoms with Crippen LogP contribution in [-0.2, 0) is 18.4 Å². The molecule has 8 heteroatoms. The number of thiazole rings is 1. The van der Waals surface area contributed by atoms with Crippen molar-refractivity contribution in [3.63, 3.8) is 0 Å². The van der Waals surface area contributed by atoms with Crippen molar-refractivity contribution >= 4 is 17.3 Å². The van der Waals surface area contributed by atoms with Gasteiger partial charge in [-0.05, 0) is 12.1 Å². The Kier molecular flexibility index (Phi) is 4.16. The molecule has 3 aromatic rings. The second kappa shape index (κ2) is 6.25. The van der Waals surface area contributed by atoms with E-state index in [4.69, 9.17) is 4.74 Å². The molecule has 2 aromatic heterocycles. The molecule has 0 fully saturated rings. The molecule has 0 N–H and O–H groups in total. The van der Waals surface area contributed by atoms with Crippen LogP contribution in [0.2, 0.25) is 0 Å². The number of esters is 1. The normalized spacial score (nSPS) is 10.7. The highest BCUT2D eigenvalue weighted by molar-refractivity contribution is 7.13. The van der Waals surface area contributed by atoms with Crippen LogP contribution in [0.4, 0.5) is 8.78 Å². The fraction of sp³-hybridized carbons (Fsp3) is 0.133. The molecular formula is C15H11F2N3O2S. The minimum absolute atomic E-state index is 0.0757. The van der Waals surface area contributed by atoms with E-state index in [9.17, 15) is 13.6 Å². The number of aromatic nitrogens is 3. The van der Waals surface area contributed by atoms with Crippen LogP contribution in [0, 0.1) is 11.6 Å². The lowest BCUT2D eigenvalue weighted by Crippen LogP contribution is -2.06. The van der Waals surface area contributed by atoms with Gasteiger partial charge < -0.3 is 4.74 Å². The van der Waals surface area contributed by atoms with Crippen LogP contribution in [0.15, 0.2) is 36.0 Å². The van der Waals surface area contributed by atoms with Gasteiger partial charge in [0.05, 0.1) is 17.5 Å². The Labute approximate surface area is 134 Å². The summed E-state index contributed by atoms with van der Waals surface area (Å²) in [6.07, 6.45) is 3.51. The molecule has 0 radical (unpaired) electrons. The van der Waals surface area contributed by atoms with Crippen molar-refractivity contribution in [3.05, 3.63) is 58.9 Å². The largest absolute Gasteiger partial charge is 0.456 e. The molecular weight excluding hydrogens is 324 g/mol. The molecule has 0 aliphatic heterocycles. The number of rotatable bonds is 4. The molecule has 23 heavy (non-hydrogen) atoms. The molecule has 1 aromatic carbocycles. The Morgan fingerprint density at radius 2 is 2.04 bits per heavy atom. The number of carbonyl (C=O) groups is 1. The fourth-order valence-electron chi connectivity index (χ4n) is 1.93. The summed E-state index contributed by atoms with van der Waals surface area (Å²) in [6, 6.07) is 2.54. The maximum Gasteiger partial charge on any atom is 0.338 e. The van der Waals surface area contributed by atoms with Crippen LogP contribution in [0.25, 0.3) is 10.6 Å². The number of ether oxygens (including phenoxy) is 1. The van der Waals surface area contributed by atoms with Crippen molar-refractivity contribution in [3.8, 4) is 10.6 Å². The van der Waals surface area contributed by atoms with Gasteiger partial charge in [-0.25, -0.2) is 18.6 Å². The first-order chi connectivity index (χ1) is 11.0. The summed E-state index contributed by atoms with van der Waals surface area (Å²) in [5.41, 5.74) is 1.24. The number of hydrogen-bond acceptors (Lipinski definition) is 5. The summed E-state index contributed by atoms with van der Waals surface area (Å²) in [7, 11) is 1.80. The number of nitrogens with zero attached hydrogens (tertiary/aromatic N) is 3. The number of hydrogen-bond donors (Lipinski definition) is 0. The Morgan fingerprint density at radius 1 is 1.30 bits per heavy atom. The van der Waals surface area contributed by atoms with Gasteiger partial charge in [0.2, 0.25) is 0 Å². The number of benzene rings is 1. The first kappa shape index (κ1) is 15.3. The van der Waals surface area contributed by atoms with Crippen molar-refractivity contribution in [2.45, 2.75) is 6.61 Å². The predicted octanol–water partition coefficient (Wildman–Crippen LogP) is 3.18. The van der Waals surface area contributed by atoms with E-state index < -0.39 is 17.6 Å². The van der Waals surface area contributed by atoms with Gasteiger partial charge in [0.1, 0.15) is 23.2 Å².